The molecule has 5 heteroatoms. The van der Waals surface area contributed by atoms with E-state index in [0.717, 1.165) is 78.0 Å². The van der Waals surface area contributed by atoms with Gasteiger partial charge in [0, 0.05) is 46.7 Å². The summed E-state index contributed by atoms with van der Waals surface area (Å²) in [5, 5.41) is 12.3. The number of para-hydroxylation sites is 1. The number of rotatable bonds is 6. The molecule has 326 valence electrons. The summed E-state index contributed by atoms with van der Waals surface area (Å²) in [7, 11) is 0. The first-order valence-corrected chi connectivity index (χ1v) is 22.2. The summed E-state index contributed by atoms with van der Waals surface area (Å²) in [6.07, 6.45) is 1.83. The van der Waals surface area contributed by atoms with E-state index in [1.54, 1.807) is 0 Å². The molecule has 0 fully saturated rings. The smallest absolute Gasteiger partial charge is 0.148 e. The molecule has 0 saturated heterocycles. The molecule has 9 aromatic rings. The number of fused-ring (bicyclic) bond motifs is 4. The summed E-state index contributed by atoms with van der Waals surface area (Å²) in [5.41, 5.74) is 18.0. The minimum absolute atomic E-state index is 0. The molecule has 7 aromatic carbocycles. The van der Waals surface area contributed by atoms with E-state index in [2.05, 4.69) is 181 Å². The van der Waals surface area contributed by atoms with Gasteiger partial charge >= 0.3 is 0 Å². The van der Waals surface area contributed by atoms with Gasteiger partial charge in [0.05, 0.1) is 22.3 Å². The Hall–Kier alpha value is -6.35. The van der Waals surface area contributed by atoms with Gasteiger partial charge in [-0.05, 0) is 98.6 Å². The Morgan fingerprint density at radius 1 is 0.585 bits per heavy atom. The molecule has 65 heavy (non-hydrogen) atoms. The molecule has 0 bridgehead atoms. The Labute approximate surface area is 401 Å². The molecule has 0 aliphatic heterocycles. The van der Waals surface area contributed by atoms with Crippen LogP contribution in [0.5, 0.6) is 5.75 Å². The van der Waals surface area contributed by atoms with Crippen molar-refractivity contribution in [1.82, 2.24) is 14.5 Å². The molecule has 2 heterocycles. The average Bonchev–Trinajstić information content (AvgIpc) is 3.80. The zero-order valence-electron chi connectivity index (χ0n) is 40.2. The predicted octanol–water partition coefficient (Wildman–Crippen LogP) is 15.5. The number of hydrogen-bond donors (Lipinski definition) is 1. The number of nitrogens with zero attached hydrogens (tertiary/aromatic N) is 3. The number of aromatic nitrogens is 3. The summed E-state index contributed by atoms with van der Waals surface area (Å²) < 4.78 is 17.9. The largest absolute Gasteiger partial charge is 0.507 e. The fraction of sp³-hybridized carbons (Fsp3) is 0.200. The maximum atomic E-state index is 12.3. The van der Waals surface area contributed by atoms with Crippen molar-refractivity contribution in [2.45, 2.75) is 78.5 Å². The van der Waals surface area contributed by atoms with Crippen molar-refractivity contribution in [2.24, 2.45) is 0 Å². The second-order valence-electron chi connectivity index (χ2n) is 19.9. The number of hydrogen-bond acceptors (Lipinski definition) is 3. The van der Waals surface area contributed by atoms with Crippen LogP contribution in [0.25, 0.3) is 83.9 Å². The molecule has 2 aromatic heterocycles. The molecule has 1 N–H and O–H groups in total. The predicted molar refractivity (Wildman–Crippen MR) is 266 cm³/mol. The van der Waals surface area contributed by atoms with Crippen LogP contribution in [-0.4, -0.2) is 19.6 Å². The Bertz CT molecular complexity index is 3340. The second-order valence-corrected chi connectivity index (χ2v) is 19.9. The molecular weight excluding hydrogens is 974 g/mol. The summed E-state index contributed by atoms with van der Waals surface area (Å²) in [4.78, 5) is 10.5. The average molecular weight is 1030 g/mol. The fourth-order valence-corrected chi connectivity index (χ4v) is 9.42. The van der Waals surface area contributed by atoms with Crippen molar-refractivity contribution in [3.63, 3.8) is 0 Å². The Kier molecular flexibility index (Phi) is 10.3. The molecule has 0 amide bonds. The third-order valence-electron chi connectivity index (χ3n) is 13.1. The van der Waals surface area contributed by atoms with Crippen LogP contribution in [0, 0.1) is 12.9 Å². The van der Waals surface area contributed by atoms with Crippen LogP contribution in [0.3, 0.4) is 0 Å². The maximum absolute atomic E-state index is 12.3. The molecule has 0 saturated carbocycles. The normalized spacial score (nSPS) is 13.6. The minimum atomic E-state index is -1.03. The van der Waals surface area contributed by atoms with Gasteiger partial charge in [-0.3, -0.25) is 9.55 Å². The molecule has 1 aliphatic rings. The zero-order valence-corrected chi connectivity index (χ0v) is 40.5. The van der Waals surface area contributed by atoms with Gasteiger partial charge in [-0.25, -0.2) is 4.98 Å². The Morgan fingerprint density at radius 3 is 2.03 bits per heavy atom. The Balaban J connectivity index is 0.00000562. The number of pyridine rings is 1. The molecule has 0 unspecified atom stereocenters. The molecule has 10 rings (SSSR count). The van der Waals surface area contributed by atoms with Crippen molar-refractivity contribution in [1.29, 1.82) is 0 Å². The molecule has 0 atom stereocenters. The van der Waals surface area contributed by atoms with Crippen molar-refractivity contribution in [3.8, 4) is 78.6 Å². The van der Waals surface area contributed by atoms with Gasteiger partial charge in [0.1, 0.15) is 11.6 Å². The van der Waals surface area contributed by atoms with Crippen LogP contribution in [-0.2, 0) is 37.3 Å². The van der Waals surface area contributed by atoms with E-state index in [1.165, 1.54) is 16.7 Å². The van der Waals surface area contributed by atoms with Crippen LogP contribution in [0.4, 0.5) is 0 Å². The van der Waals surface area contributed by atoms with Gasteiger partial charge < -0.3 is 5.11 Å². The molecule has 4 nitrogen and oxygen atoms in total. The topological polar surface area (TPSA) is 50.9 Å². The maximum Gasteiger partial charge on any atom is 0.148 e. The fourth-order valence-electron chi connectivity index (χ4n) is 9.42. The van der Waals surface area contributed by atoms with Gasteiger partial charge in [0.25, 0.3) is 0 Å². The van der Waals surface area contributed by atoms with E-state index >= 15 is 0 Å². The molecule has 0 spiro atoms. The van der Waals surface area contributed by atoms with E-state index in [0.29, 0.717) is 17.0 Å². The van der Waals surface area contributed by atoms with E-state index in [-0.39, 0.29) is 43.1 Å². The van der Waals surface area contributed by atoms with Crippen molar-refractivity contribution in [3.05, 3.63) is 192 Å². The summed E-state index contributed by atoms with van der Waals surface area (Å²) in [6.45, 7) is 16.8. The second kappa shape index (κ2) is 16.3. The molecular formula is C60H54N3OPt-. The van der Waals surface area contributed by atoms with Crippen LogP contribution >= 0.6 is 0 Å². The van der Waals surface area contributed by atoms with Crippen molar-refractivity contribution in [2.75, 3.05) is 0 Å². The third kappa shape index (κ3) is 7.76. The first kappa shape index (κ1) is 41.4. The van der Waals surface area contributed by atoms with Gasteiger partial charge in [0.15, 0.2) is 0 Å². The number of imidazole rings is 1. The van der Waals surface area contributed by atoms with E-state index in [4.69, 9.17) is 12.7 Å². The van der Waals surface area contributed by atoms with Crippen LogP contribution in [0.15, 0.2) is 158 Å². The Morgan fingerprint density at radius 2 is 1.29 bits per heavy atom. The number of benzene rings is 7. The zero-order chi connectivity index (χ0) is 46.3. The van der Waals surface area contributed by atoms with Gasteiger partial charge in [-0.1, -0.05) is 175 Å². The van der Waals surface area contributed by atoms with E-state index < -0.39 is 6.88 Å². The summed E-state index contributed by atoms with van der Waals surface area (Å²) >= 11 is 0. The van der Waals surface area contributed by atoms with Gasteiger partial charge in [0.2, 0.25) is 0 Å². The standard InChI is InChI=1S/C60H54N3O.Pt/c1-37-22-24-38(25-23-37)40-28-29-61-52(33-40)42-30-41(31-44(32-42)59(5,6)7)45-19-15-21-54-56(45)62-57(49-35-48-46-18-13-14-20-50(46)60(8,9)51(48)36-55(49)64)63(54)53-27-26-43(58(2,3)4)34-47(53)39-16-11-10-12-17-39;/h10-29,31-36,64H,1-9H3;/q-1;/i1D2;. The van der Waals surface area contributed by atoms with E-state index in [9.17, 15) is 5.11 Å². The number of aromatic hydroxyl groups is 1. The molecule has 1 aliphatic carbocycles. The van der Waals surface area contributed by atoms with Gasteiger partial charge in [-0.15, -0.1) is 29.3 Å². The van der Waals surface area contributed by atoms with Crippen LogP contribution < -0.4 is 0 Å². The summed E-state index contributed by atoms with van der Waals surface area (Å²) in [5.74, 6) is 0.832. The quantitative estimate of drug-likeness (QED) is 0.169. The summed E-state index contributed by atoms with van der Waals surface area (Å²) in [6, 6.07) is 56.3. The number of phenolic OH excluding ortho intramolecular Hbond substituents is 1. The van der Waals surface area contributed by atoms with Crippen molar-refractivity contribution >= 4 is 11.0 Å². The third-order valence-corrected chi connectivity index (χ3v) is 13.1. The molecule has 0 radical (unpaired) electrons. The number of phenols is 1. The van der Waals surface area contributed by atoms with E-state index in [1.807, 2.05) is 42.6 Å². The monoisotopic (exact) mass is 1030 g/mol. The van der Waals surface area contributed by atoms with Gasteiger partial charge in [-0.2, -0.15) is 0 Å². The minimum Gasteiger partial charge on any atom is -0.507 e. The number of aryl methyl sites for hydroxylation is 1. The first-order valence-electron chi connectivity index (χ1n) is 23.3. The van der Waals surface area contributed by atoms with Crippen molar-refractivity contribution < 1.29 is 28.9 Å². The first-order chi connectivity index (χ1) is 31.5. The SMILES string of the molecule is [2H]C([2H])c1ccc(-c2ccnc(-c3[c-]c(-c4cccc5c4nc(-c4cc6c(cc4O)C(C)(C)c4ccccc4-6)n5-c4ccc(C(C)(C)C)cc4-c4ccccc4)cc(C(C)(C)C)c3)c2)cc1.[Pt]. The van der Waals surface area contributed by atoms with Crippen LogP contribution in [0.2, 0.25) is 0 Å². The van der Waals surface area contributed by atoms with Crippen LogP contribution in [0.1, 0.15) is 85.9 Å².